The fraction of sp³-hybridized carbons (Fsp3) is 0.273. The number of hydrogen-bond donors (Lipinski definition) is 1. The van der Waals surface area contributed by atoms with Gasteiger partial charge >= 0.3 is 5.97 Å². The number of nitriles is 1. The average Bonchev–Trinajstić information content (AvgIpc) is 3.14. The van der Waals surface area contributed by atoms with Gasteiger partial charge in [-0.2, -0.15) is 5.26 Å². The molecule has 0 bridgehead atoms. The third kappa shape index (κ3) is 4.99. The molecule has 1 aliphatic rings. The molecular formula is C22H21N3O4. The summed E-state index contributed by atoms with van der Waals surface area (Å²) < 4.78 is 5.10. The molecule has 0 saturated carbocycles. The Labute approximate surface area is 168 Å². The van der Waals surface area contributed by atoms with Gasteiger partial charge in [0.25, 0.3) is 5.91 Å². The third-order valence-corrected chi connectivity index (χ3v) is 4.86. The van der Waals surface area contributed by atoms with E-state index in [-0.39, 0.29) is 24.9 Å². The number of amides is 2. The van der Waals surface area contributed by atoms with Crippen molar-refractivity contribution in [3.63, 3.8) is 0 Å². The molecule has 29 heavy (non-hydrogen) atoms. The quantitative estimate of drug-likeness (QED) is 0.763. The maximum atomic E-state index is 12.4. The van der Waals surface area contributed by atoms with Crippen molar-refractivity contribution in [2.45, 2.75) is 19.4 Å². The fourth-order valence-electron chi connectivity index (χ4n) is 3.29. The number of likely N-dealkylation sites (tertiary alicyclic amines) is 1. The zero-order valence-electron chi connectivity index (χ0n) is 16.0. The summed E-state index contributed by atoms with van der Waals surface area (Å²) in [5.41, 5.74) is 1.86. The molecule has 2 atom stereocenters. The summed E-state index contributed by atoms with van der Waals surface area (Å²) in [5.74, 6) is -1.78. The Morgan fingerprint density at radius 3 is 2.72 bits per heavy atom. The van der Waals surface area contributed by atoms with Gasteiger partial charge in [0.2, 0.25) is 5.91 Å². The van der Waals surface area contributed by atoms with Crippen LogP contribution in [-0.4, -0.2) is 35.8 Å². The molecule has 1 saturated heterocycles. The Kier molecular flexibility index (Phi) is 6.25. The normalized spacial score (nSPS) is 16.8. The van der Waals surface area contributed by atoms with Crippen LogP contribution in [0, 0.1) is 17.2 Å². The molecule has 7 nitrogen and oxygen atoms in total. The minimum Gasteiger partial charge on any atom is -0.455 e. The second-order valence-corrected chi connectivity index (χ2v) is 6.88. The summed E-state index contributed by atoms with van der Waals surface area (Å²) >= 11 is 0. The van der Waals surface area contributed by atoms with Crippen LogP contribution in [0.2, 0.25) is 0 Å². The number of benzene rings is 2. The number of esters is 1. The van der Waals surface area contributed by atoms with Crippen molar-refractivity contribution in [3.05, 3.63) is 65.7 Å². The van der Waals surface area contributed by atoms with Gasteiger partial charge in [-0.15, -0.1) is 0 Å². The van der Waals surface area contributed by atoms with Gasteiger partial charge < -0.3 is 15.0 Å². The number of ether oxygens (including phenoxy) is 1. The molecule has 1 fully saturated rings. The highest BCUT2D eigenvalue weighted by Gasteiger charge is 2.38. The lowest BCUT2D eigenvalue weighted by Crippen LogP contribution is -2.30. The minimum atomic E-state index is -0.594. The molecule has 2 aromatic carbocycles. The molecule has 0 aromatic heterocycles. The van der Waals surface area contributed by atoms with Crippen molar-refractivity contribution in [2.75, 3.05) is 18.5 Å². The first-order chi connectivity index (χ1) is 14.0. The lowest BCUT2D eigenvalue weighted by molar-refractivity contribution is -0.151. The Balaban J connectivity index is 1.51. The molecule has 0 spiro atoms. The van der Waals surface area contributed by atoms with Gasteiger partial charge in [-0.05, 0) is 30.7 Å². The van der Waals surface area contributed by atoms with E-state index in [2.05, 4.69) is 5.32 Å². The van der Waals surface area contributed by atoms with Crippen LogP contribution in [-0.2, 0) is 19.1 Å². The number of anilines is 1. The van der Waals surface area contributed by atoms with Crippen molar-refractivity contribution in [2.24, 2.45) is 5.92 Å². The largest absolute Gasteiger partial charge is 0.455 e. The van der Waals surface area contributed by atoms with Gasteiger partial charge in [-0.3, -0.25) is 14.4 Å². The Bertz CT molecular complexity index is 952. The molecule has 3 rings (SSSR count). The van der Waals surface area contributed by atoms with E-state index in [1.807, 2.05) is 43.3 Å². The van der Waals surface area contributed by atoms with E-state index >= 15 is 0 Å². The third-order valence-electron chi connectivity index (χ3n) is 4.86. The van der Waals surface area contributed by atoms with Crippen LogP contribution < -0.4 is 5.32 Å². The van der Waals surface area contributed by atoms with E-state index in [0.29, 0.717) is 11.3 Å². The summed E-state index contributed by atoms with van der Waals surface area (Å²) in [6.07, 6.45) is 0.0713. The lowest BCUT2D eigenvalue weighted by Gasteiger charge is -2.25. The monoisotopic (exact) mass is 391 g/mol. The van der Waals surface area contributed by atoms with Gasteiger partial charge in [0.15, 0.2) is 6.61 Å². The molecular weight excluding hydrogens is 370 g/mol. The van der Waals surface area contributed by atoms with Crippen LogP contribution in [0.15, 0.2) is 54.6 Å². The zero-order valence-corrected chi connectivity index (χ0v) is 16.0. The van der Waals surface area contributed by atoms with Crippen molar-refractivity contribution < 1.29 is 19.1 Å². The van der Waals surface area contributed by atoms with Gasteiger partial charge in [0.1, 0.15) is 0 Å². The van der Waals surface area contributed by atoms with Gasteiger partial charge in [0, 0.05) is 18.7 Å². The van der Waals surface area contributed by atoms with E-state index in [1.165, 1.54) is 6.07 Å². The fourth-order valence-corrected chi connectivity index (χ4v) is 3.29. The molecule has 1 aliphatic heterocycles. The highest BCUT2D eigenvalue weighted by Crippen LogP contribution is 2.29. The molecule has 0 radical (unpaired) electrons. The molecule has 7 heteroatoms. The summed E-state index contributed by atoms with van der Waals surface area (Å²) in [6, 6.07) is 17.9. The van der Waals surface area contributed by atoms with E-state index in [4.69, 9.17) is 10.00 Å². The molecule has 0 aliphatic carbocycles. The van der Waals surface area contributed by atoms with Gasteiger partial charge in [-0.25, -0.2) is 0 Å². The number of nitrogens with zero attached hydrogens (tertiary/aromatic N) is 2. The zero-order chi connectivity index (χ0) is 20.8. The minimum absolute atomic E-state index is 0.0713. The molecule has 1 N–H and O–H groups in total. The number of hydrogen-bond acceptors (Lipinski definition) is 5. The Morgan fingerprint density at radius 1 is 1.24 bits per heavy atom. The summed E-state index contributed by atoms with van der Waals surface area (Å²) in [4.78, 5) is 38.4. The number of rotatable bonds is 6. The SMILES string of the molecule is C[C@H](c1ccccc1)N1C[C@@H](C(=O)OCC(=O)Nc2cccc(C#N)c2)CC1=O. The second kappa shape index (κ2) is 9.02. The van der Waals surface area contributed by atoms with Gasteiger partial charge in [-0.1, -0.05) is 36.4 Å². The molecule has 0 unspecified atom stereocenters. The van der Waals surface area contributed by atoms with E-state index < -0.39 is 24.4 Å². The van der Waals surface area contributed by atoms with Crippen LogP contribution in [0.3, 0.4) is 0 Å². The first-order valence-electron chi connectivity index (χ1n) is 9.29. The topological polar surface area (TPSA) is 99.5 Å². The van der Waals surface area contributed by atoms with E-state index in [0.717, 1.165) is 5.56 Å². The molecule has 2 aromatic rings. The van der Waals surface area contributed by atoms with Crippen molar-refractivity contribution in [3.8, 4) is 6.07 Å². The van der Waals surface area contributed by atoms with Crippen LogP contribution in [0.5, 0.6) is 0 Å². The summed E-state index contributed by atoms with van der Waals surface area (Å²) in [7, 11) is 0. The van der Waals surface area contributed by atoms with Gasteiger partial charge in [0.05, 0.1) is 23.6 Å². The highest BCUT2D eigenvalue weighted by molar-refractivity contribution is 5.93. The van der Waals surface area contributed by atoms with Crippen molar-refractivity contribution >= 4 is 23.5 Å². The number of nitrogens with one attached hydrogen (secondary N) is 1. The summed E-state index contributed by atoms with van der Waals surface area (Å²) in [5, 5.41) is 11.5. The molecule has 148 valence electrons. The van der Waals surface area contributed by atoms with Crippen molar-refractivity contribution in [1.29, 1.82) is 5.26 Å². The van der Waals surface area contributed by atoms with Crippen LogP contribution >= 0.6 is 0 Å². The van der Waals surface area contributed by atoms with E-state index in [1.54, 1.807) is 23.1 Å². The molecule has 2 amide bonds. The number of carbonyl (C=O) groups excluding carboxylic acids is 3. The average molecular weight is 391 g/mol. The predicted octanol–water partition coefficient (Wildman–Crippen LogP) is 2.65. The first-order valence-corrected chi connectivity index (χ1v) is 9.29. The number of carbonyl (C=O) groups is 3. The van der Waals surface area contributed by atoms with Crippen LogP contribution in [0.4, 0.5) is 5.69 Å². The Morgan fingerprint density at radius 2 is 2.00 bits per heavy atom. The van der Waals surface area contributed by atoms with Crippen LogP contribution in [0.1, 0.15) is 30.5 Å². The Hall–Kier alpha value is -3.66. The summed E-state index contributed by atoms with van der Waals surface area (Å²) in [6.45, 7) is 1.73. The highest BCUT2D eigenvalue weighted by atomic mass is 16.5. The van der Waals surface area contributed by atoms with E-state index in [9.17, 15) is 14.4 Å². The second-order valence-electron chi connectivity index (χ2n) is 6.88. The smallest absolute Gasteiger partial charge is 0.311 e. The lowest BCUT2D eigenvalue weighted by atomic mass is 10.1. The predicted molar refractivity (Wildman–Crippen MR) is 105 cm³/mol. The maximum absolute atomic E-state index is 12.4. The molecule has 1 heterocycles. The first kappa shape index (κ1) is 20.1. The standard InChI is InChI=1S/C22H21N3O4/c1-15(17-7-3-2-4-8-17)25-13-18(11-21(25)27)22(28)29-14-20(26)24-19-9-5-6-16(10-19)12-23/h2-10,15,18H,11,13-14H2,1H3,(H,24,26)/t15-,18+/m1/s1. The maximum Gasteiger partial charge on any atom is 0.311 e. The van der Waals surface area contributed by atoms with Crippen molar-refractivity contribution in [1.82, 2.24) is 4.90 Å². The van der Waals surface area contributed by atoms with Crippen LogP contribution in [0.25, 0.3) is 0 Å².